The first-order valence-electron chi connectivity index (χ1n) is 7.54. The van der Waals surface area contributed by atoms with Crippen LogP contribution in [0.3, 0.4) is 0 Å². The van der Waals surface area contributed by atoms with Gasteiger partial charge in [0.05, 0.1) is 0 Å². The molecule has 2 atom stereocenters. The fourth-order valence-electron chi connectivity index (χ4n) is 3.42. The van der Waals surface area contributed by atoms with Crippen LogP contribution in [0.5, 0.6) is 0 Å². The van der Waals surface area contributed by atoms with Crippen molar-refractivity contribution in [1.82, 2.24) is 0 Å². The topological polar surface area (TPSA) is 54.0 Å². The Morgan fingerprint density at radius 2 is 2.00 bits per heavy atom. The third-order valence-electron chi connectivity index (χ3n) is 4.34. The number of hydrogen-bond donors (Lipinski definition) is 0. The minimum absolute atomic E-state index is 0.327. The predicted molar refractivity (Wildman–Crippen MR) is 83.2 cm³/mol. The largest absolute Gasteiger partial charge is 0.456 e. The van der Waals surface area contributed by atoms with E-state index in [2.05, 4.69) is 6.92 Å². The number of esters is 1. The van der Waals surface area contributed by atoms with Crippen LogP contribution < -0.4 is 0 Å². The summed E-state index contributed by atoms with van der Waals surface area (Å²) in [4.78, 5) is 11.9. The quantitative estimate of drug-likeness (QED) is 0.411. The molecule has 0 aromatic carbocycles. The molecule has 0 aliphatic carbocycles. The van der Waals surface area contributed by atoms with E-state index in [1.807, 2.05) is 0 Å². The first kappa shape index (κ1) is 18.4. The third-order valence-corrected chi connectivity index (χ3v) is 8.74. The van der Waals surface area contributed by atoms with Gasteiger partial charge in [-0.2, -0.15) is 0 Å². The summed E-state index contributed by atoms with van der Waals surface area (Å²) in [6, 6.07) is 0.853. The van der Waals surface area contributed by atoms with Crippen molar-refractivity contribution in [3.8, 4) is 0 Å². The predicted octanol–water partition coefficient (Wildman–Crippen LogP) is 2.73. The molecular weight excluding hydrogens is 288 g/mol. The zero-order valence-electron chi connectivity index (χ0n) is 13.8. The van der Waals surface area contributed by atoms with Gasteiger partial charge in [0, 0.05) is 27.4 Å². The van der Waals surface area contributed by atoms with E-state index in [1.54, 1.807) is 34.3 Å². The van der Waals surface area contributed by atoms with Crippen molar-refractivity contribution in [1.29, 1.82) is 0 Å². The average Bonchev–Trinajstić information content (AvgIpc) is 2.49. The van der Waals surface area contributed by atoms with Gasteiger partial charge >= 0.3 is 14.5 Å². The van der Waals surface area contributed by atoms with Gasteiger partial charge in [-0.05, 0) is 32.2 Å². The molecule has 122 valence electrons. The molecule has 2 unspecified atom stereocenters. The Morgan fingerprint density at radius 3 is 2.48 bits per heavy atom. The van der Waals surface area contributed by atoms with Crippen molar-refractivity contribution in [2.45, 2.75) is 56.9 Å². The van der Waals surface area contributed by atoms with Gasteiger partial charge in [-0.15, -0.1) is 0 Å². The zero-order chi connectivity index (χ0) is 15.9. The molecule has 1 saturated heterocycles. The number of carbonyl (C=O) groups excluding carboxylic acids is 1. The van der Waals surface area contributed by atoms with Crippen molar-refractivity contribution in [2.24, 2.45) is 0 Å². The highest BCUT2D eigenvalue weighted by atomic mass is 28.4. The summed E-state index contributed by atoms with van der Waals surface area (Å²) in [5.41, 5.74) is 0. The zero-order valence-corrected chi connectivity index (χ0v) is 14.8. The van der Waals surface area contributed by atoms with E-state index >= 15 is 0 Å². The summed E-state index contributed by atoms with van der Waals surface area (Å²) in [6.07, 6.45) is 6.14. The van der Waals surface area contributed by atoms with Crippen LogP contribution in [0.2, 0.25) is 6.04 Å². The van der Waals surface area contributed by atoms with Crippen LogP contribution in [-0.4, -0.2) is 47.2 Å². The number of methoxy groups -OCH3 is 1. The molecule has 0 saturated carbocycles. The smallest absolute Gasteiger partial charge is 0.374 e. The lowest BCUT2D eigenvalue weighted by molar-refractivity contribution is -0.162. The van der Waals surface area contributed by atoms with Crippen LogP contribution >= 0.6 is 0 Å². The molecule has 0 spiro atoms. The maximum absolute atomic E-state index is 11.9. The highest BCUT2D eigenvalue weighted by molar-refractivity contribution is 6.71. The molecule has 21 heavy (non-hydrogen) atoms. The average molecular weight is 316 g/mol. The molecule has 0 aromatic rings. The second kappa shape index (κ2) is 8.08. The Labute approximate surface area is 128 Å². The molecule has 0 bridgehead atoms. The molecular formula is C15H28O5Si. The highest BCUT2D eigenvalue weighted by Crippen LogP contribution is 2.44. The minimum Gasteiger partial charge on any atom is -0.456 e. The Hall–Kier alpha value is -0.693. The summed E-state index contributed by atoms with van der Waals surface area (Å²) in [7, 11) is 2.41. The number of hydrogen-bond acceptors (Lipinski definition) is 5. The lowest BCUT2D eigenvalue weighted by Crippen LogP contribution is -2.71. The summed E-state index contributed by atoms with van der Waals surface area (Å²) in [5, 5.41) is -0.652. The van der Waals surface area contributed by atoms with Gasteiger partial charge in [0.25, 0.3) is 0 Å². The Morgan fingerprint density at radius 1 is 1.33 bits per heavy atom. The van der Waals surface area contributed by atoms with Crippen molar-refractivity contribution >= 4 is 14.5 Å². The minimum atomic E-state index is -2.61. The van der Waals surface area contributed by atoms with Crippen LogP contribution in [0, 0.1) is 0 Å². The number of allylic oxidation sites excluding steroid dienone is 1. The first-order valence-corrected chi connectivity index (χ1v) is 9.57. The molecule has 0 aromatic heterocycles. The molecule has 0 amide bonds. The maximum atomic E-state index is 11.9. The molecule has 0 radical (unpaired) electrons. The van der Waals surface area contributed by atoms with Gasteiger partial charge in [-0.3, -0.25) is 0 Å². The van der Waals surface area contributed by atoms with E-state index in [0.717, 1.165) is 31.7 Å². The van der Waals surface area contributed by atoms with Crippen LogP contribution in [0.25, 0.3) is 0 Å². The Balaban J connectivity index is 3.16. The highest BCUT2D eigenvalue weighted by Gasteiger charge is 2.64. The molecule has 5 nitrogen and oxygen atoms in total. The summed E-state index contributed by atoms with van der Waals surface area (Å²) < 4.78 is 23.3. The van der Waals surface area contributed by atoms with E-state index in [9.17, 15) is 4.79 Å². The number of ether oxygens (including phenoxy) is 2. The van der Waals surface area contributed by atoms with Gasteiger partial charge < -0.3 is 18.3 Å². The lowest BCUT2D eigenvalue weighted by Gasteiger charge is -2.51. The second-order valence-corrected chi connectivity index (χ2v) is 8.99. The summed E-state index contributed by atoms with van der Waals surface area (Å²) in [5.74, 6) is -0.336. The summed E-state index contributed by atoms with van der Waals surface area (Å²) >= 11 is 0. The van der Waals surface area contributed by atoms with Crippen LogP contribution in [-0.2, 0) is 23.1 Å². The van der Waals surface area contributed by atoms with E-state index in [4.69, 9.17) is 18.3 Å². The van der Waals surface area contributed by atoms with E-state index in [-0.39, 0.29) is 12.1 Å². The molecule has 0 N–H and O–H groups in total. The molecule has 1 rings (SSSR count). The SMILES string of the molecule is CC=CC(=O)OC1CCC[Si](OC)(OC)C1(CCC)OC. The van der Waals surface area contributed by atoms with Gasteiger partial charge in [-0.1, -0.05) is 19.4 Å². The van der Waals surface area contributed by atoms with Gasteiger partial charge in [0.2, 0.25) is 0 Å². The molecule has 1 aliphatic heterocycles. The van der Waals surface area contributed by atoms with E-state index in [0.29, 0.717) is 0 Å². The Bertz CT molecular complexity index is 367. The maximum Gasteiger partial charge on any atom is 0.374 e. The van der Waals surface area contributed by atoms with Crippen LogP contribution in [0.15, 0.2) is 12.2 Å². The number of rotatable bonds is 7. The second-order valence-electron chi connectivity index (χ2n) is 5.32. The standard InChI is InChI=1S/C15H28O5Si/c1-6-9-14(16)20-13-10-8-12-21(18-4,19-5)15(13,17-3)11-7-2/h6,9,13H,7-8,10-12H2,1-5H3. The fraction of sp³-hybridized carbons (Fsp3) is 0.800. The van der Waals surface area contributed by atoms with Crippen molar-refractivity contribution in [3.05, 3.63) is 12.2 Å². The molecule has 1 aliphatic rings. The van der Waals surface area contributed by atoms with Crippen molar-refractivity contribution in [2.75, 3.05) is 21.3 Å². The first-order chi connectivity index (χ1) is 10.1. The Kier molecular flexibility index (Phi) is 7.06. The molecule has 6 heteroatoms. The lowest BCUT2D eigenvalue weighted by atomic mass is 10.0. The van der Waals surface area contributed by atoms with Crippen molar-refractivity contribution < 1.29 is 23.1 Å². The van der Waals surface area contributed by atoms with Gasteiger partial charge in [0.1, 0.15) is 11.3 Å². The fourth-order valence-corrected chi connectivity index (χ4v) is 7.42. The van der Waals surface area contributed by atoms with Crippen LogP contribution in [0.4, 0.5) is 0 Å². The molecule has 1 heterocycles. The van der Waals surface area contributed by atoms with E-state index < -0.39 is 13.8 Å². The van der Waals surface area contributed by atoms with Gasteiger partial charge in [-0.25, -0.2) is 4.79 Å². The van der Waals surface area contributed by atoms with E-state index in [1.165, 1.54) is 6.08 Å². The molecule has 1 fully saturated rings. The number of carbonyl (C=O) groups is 1. The normalized spacial score (nSPS) is 28.7. The third kappa shape index (κ3) is 3.39. The monoisotopic (exact) mass is 316 g/mol. The van der Waals surface area contributed by atoms with Crippen LogP contribution in [0.1, 0.15) is 39.5 Å². The van der Waals surface area contributed by atoms with Crippen molar-refractivity contribution in [3.63, 3.8) is 0 Å². The summed E-state index contributed by atoms with van der Waals surface area (Å²) in [6.45, 7) is 3.88. The van der Waals surface area contributed by atoms with Gasteiger partial charge in [0.15, 0.2) is 0 Å².